The topological polar surface area (TPSA) is 58.1 Å². The lowest BCUT2D eigenvalue weighted by Crippen LogP contribution is -2.57. The second kappa shape index (κ2) is 13.6. The third kappa shape index (κ3) is 8.18. The fraction of sp³-hybridized carbons (Fsp3) is 0.950. The first-order valence-electron chi connectivity index (χ1n) is 10.7. The summed E-state index contributed by atoms with van der Waals surface area (Å²) in [5, 5.41) is 6.96. The molecule has 27 heavy (non-hydrogen) atoms. The summed E-state index contributed by atoms with van der Waals surface area (Å²) in [5.74, 6) is 3.43. The predicted molar refractivity (Wildman–Crippen MR) is 116 cm³/mol. The van der Waals surface area contributed by atoms with E-state index in [0.717, 1.165) is 32.1 Å². The Hall–Kier alpha value is -0.500. The maximum Gasteiger partial charge on any atom is 0.191 e. The minimum absolute atomic E-state index is 0.324. The van der Waals surface area contributed by atoms with Gasteiger partial charge in [-0.25, -0.2) is 0 Å². The first-order chi connectivity index (χ1) is 13.3. The Morgan fingerprint density at radius 1 is 1.04 bits per heavy atom. The Bertz CT molecular complexity index is 411. The standard InChI is InChI=1S/C20H40N4O2S/c1-3-4-12-25-14-15-26-13-9-22-19(21-2)23-18-20(7-5-6-8-20)24-10-16-27-17-11-24/h3-18H2,1-2H3,(H2,21,22,23). The number of unbranched alkanes of at least 4 members (excludes halogenated alkanes) is 1. The molecule has 1 aliphatic carbocycles. The molecule has 0 radical (unpaired) electrons. The maximum absolute atomic E-state index is 5.62. The van der Waals surface area contributed by atoms with E-state index < -0.39 is 0 Å². The minimum Gasteiger partial charge on any atom is -0.379 e. The van der Waals surface area contributed by atoms with Gasteiger partial charge >= 0.3 is 0 Å². The zero-order valence-electron chi connectivity index (χ0n) is 17.4. The molecular weight excluding hydrogens is 360 g/mol. The summed E-state index contributed by atoms with van der Waals surface area (Å²) in [7, 11) is 1.84. The van der Waals surface area contributed by atoms with Crippen LogP contribution in [0.2, 0.25) is 0 Å². The van der Waals surface area contributed by atoms with Crippen LogP contribution in [0.3, 0.4) is 0 Å². The number of thioether (sulfide) groups is 1. The molecule has 0 atom stereocenters. The van der Waals surface area contributed by atoms with Crippen LogP contribution in [0.5, 0.6) is 0 Å². The van der Waals surface area contributed by atoms with Crippen LogP contribution < -0.4 is 10.6 Å². The van der Waals surface area contributed by atoms with Crippen molar-refractivity contribution in [1.82, 2.24) is 15.5 Å². The molecule has 0 aromatic carbocycles. The van der Waals surface area contributed by atoms with Gasteiger partial charge in [0.15, 0.2) is 5.96 Å². The van der Waals surface area contributed by atoms with Crippen LogP contribution in [0.1, 0.15) is 45.4 Å². The second-order valence-corrected chi connectivity index (χ2v) is 8.69. The monoisotopic (exact) mass is 400 g/mol. The average molecular weight is 401 g/mol. The highest BCUT2D eigenvalue weighted by molar-refractivity contribution is 7.99. The van der Waals surface area contributed by atoms with Gasteiger partial charge in [-0.1, -0.05) is 26.2 Å². The molecule has 2 aliphatic rings. The SMILES string of the molecule is CCCCOCCOCCNC(=NC)NCC1(N2CCSCC2)CCCC1. The predicted octanol–water partition coefficient (Wildman–Crippen LogP) is 2.35. The van der Waals surface area contributed by atoms with E-state index in [0.29, 0.717) is 25.4 Å². The molecular formula is C20H40N4O2S. The Labute approximate surface area is 170 Å². The lowest BCUT2D eigenvalue weighted by molar-refractivity contribution is 0.0487. The maximum atomic E-state index is 5.62. The molecule has 0 aromatic heterocycles. The van der Waals surface area contributed by atoms with E-state index in [-0.39, 0.29) is 0 Å². The summed E-state index contributed by atoms with van der Waals surface area (Å²) < 4.78 is 11.1. The quantitative estimate of drug-likeness (QED) is 0.298. The Morgan fingerprint density at radius 3 is 2.41 bits per heavy atom. The van der Waals surface area contributed by atoms with Gasteiger partial charge in [-0.15, -0.1) is 0 Å². The molecule has 7 heteroatoms. The number of hydrogen-bond donors (Lipinski definition) is 2. The Kier molecular flexibility index (Phi) is 11.5. The molecule has 1 heterocycles. The summed E-state index contributed by atoms with van der Waals surface area (Å²) in [4.78, 5) is 7.12. The van der Waals surface area contributed by atoms with Crippen molar-refractivity contribution in [2.75, 3.05) is 71.2 Å². The summed E-state index contributed by atoms with van der Waals surface area (Å²) in [5.41, 5.74) is 0.324. The van der Waals surface area contributed by atoms with Gasteiger partial charge in [-0.3, -0.25) is 9.89 Å². The highest BCUT2D eigenvalue weighted by Crippen LogP contribution is 2.36. The fourth-order valence-corrected chi connectivity index (χ4v) is 4.86. The number of ether oxygens (including phenoxy) is 2. The van der Waals surface area contributed by atoms with Gasteiger partial charge in [0.1, 0.15) is 0 Å². The van der Waals surface area contributed by atoms with Crippen LogP contribution in [0.15, 0.2) is 4.99 Å². The van der Waals surface area contributed by atoms with Gasteiger partial charge in [-0.2, -0.15) is 11.8 Å². The smallest absolute Gasteiger partial charge is 0.191 e. The van der Waals surface area contributed by atoms with Crippen molar-refractivity contribution in [3.05, 3.63) is 0 Å². The van der Waals surface area contributed by atoms with Crippen molar-refractivity contribution in [1.29, 1.82) is 0 Å². The average Bonchev–Trinajstić information content (AvgIpc) is 3.20. The molecule has 0 aromatic rings. The van der Waals surface area contributed by atoms with E-state index >= 15 is 0 Å². The number of aliphatic imine (C=N–C) groups is 1. The molecule has 0 amide bonds. The summed E-state index contributed by atoms with van der Waals surface area (Å²) in [6.07, 6.45) is 7.62. The molecule has 1 saturated carbocycles. The molecule has 0 spiro atoms. The van der Waals surface area contributed by atoms with Crippen LogP contribution in [0, 0.1) is 0 Å². The molecule has 1 saturated heterocycles. The summed E-state index contributed by atoms with van der Waals surface area (Å²) in [6.45, 7) is 9.24. The number of rotatable bonds is 12. The fourth-order valence-electron chi connectivity index (χ4n) is 3.95. The number of nitrogens with zero attached hydrogens (tertiary/aromatic N) is 2. The zero-order valence-corrected chi connectivity index (χ0v) is 18.2. The third-order valence-corrected chi connectivity index (χ3v) is 6.52. The highest BCUT2D eigenvalue weighted by atomic mass is 32.2. The van der Waals surface area contributed by atoms with E-state index in [2.05, 4.69) is 39.2 Å². The Balaban J connectivity index is 1.61. The molecule has 0 bridgehead atoms. The Morgan fingerprint density at radius 2 is 1.74 bits per heavy atom. The van der Waals surface area contributed by atoms with Crippen molar-refractivity contribution in [2.24, 2.45) is 4.99 Å². The first kappa shape index (κ1) is 22.8. The lowest BCUT2D eigenvalue weighted by Gasteiger charge is -2.43. The van der Waals surface area contributed by atoms with Crippen molar-refractivity contribution >= 4 is 17.7 Å². The second-order valence-electron chi connectivity index (χ2n) is 7.46. The number of hydrogen-bond acceptors (Lipinski definition) is 5. The van der Waals surface area contributed by atoms with Gasteiger partial charge in [-0.05, 0) is 19.3 Å². The number of nitrogens with one attached hydrogen (secondary N) is 2. The van der Waals surface area contributed by atoms with Crippen LogP contribution in [-0.4, -0.2) is 87.6 Å². The van der Waals surface area contributed by atoms with Crippen molar-refractivity contribution in [3.8, 4) is 0 Å². The van der Waals surface area contributed by atoms with E-state index in [9.17, 15) is 0 Å². The molecule has 6 nitrogen and oxygen atoms in total. The summed E-state index contributed by atoms with van der Waals surface area (Å²) >= 11 is 2.09. The largest absolute Gasteiger partial charge is 0.379 e. The molecule has 158 valence electrons. The van der Waals surface area contributed by atoms with Gasteiger partial charge in [0.2, 0.25) is 0 Å². The minimum atomic E-state index is 0.324. The van der Waals surface area contributed by atoms with Gasteiger partial charge < -0.3 is 20.1 Å². The van der Waals surface area contributed by atoms with Crippen molar-refractivity contribution < 1.29 is 9.47 Å². The third-order valence-electron chi connectivity index (χ3n) is 5.58. The van der Waals surface area contributed by atoms with E-state index in [4.69, 9.17) is 9.47 Å². The summed E-state index contributed by atoms with van der Waals surface area (Å²) in [6, 6.07) is 0. The van der Waals surface area contributed by atoms with Crippen molar-refractivity contribution in [2.45, 2.75) is 51.0 Å². The molecule has 2 rings (SSSR count). The molecule has 0 unspecified atom stereocenters. The van der Waals surface area contributed by atoms with Gasteiger partial charge in [0.25, 0.3) is 0 Å². The van der Waals surface area contributed by atoms with Gasteiger partial charge in [0.05, 0.1) is 19.8 Å². The first-order valence-corrected chi connectivity index (χ1v) is 11.9. The van der Waals surface area contributed by atoms with Crippen molar-refractivity contribution in [3.63, 3.8) is 0 Å². The van der Waals surface area contributed by atoms with E-state index in [1.807, 2.05) is 7.05 Å². The molecule has 2 fully saturated rings. The van der Waals surface area contributed by atoms with Crippen LogP contribution >= 0.6 is 11.8 Å². The normalized spacial score (nSPS) is 20.7. The van der Waals surface area contributed by atoms with E-state index in [1.54, 1.807) is 0 Å². The van der Waals surface area contributed by atoms with E-state index in [1.165, 1.54) is 56.7 Å². The zero-order chi connectivity index (χ0) is 19.2. The number of guanidine groups is 1. The molecule has 1 aliphatic heterocycles. The highest BCUT2D eigenvalue weighted by Gasteiger charge is 2.39. The van der Waals surface area contributed by atoms with Gasteiger partial charge in [0, 0.05) is 56.9 Å². The molecule has 2 N–H and O–H groups in total. The van der Waals surface area contributed by atoms with Crippen LogP contribution in [0.4, 0.5) is 0 Å². The lowest BCUT2D eigenvalue weighted by atomic mass is 9.94. The van der Waals surface area contributed by atoms with Crippen LogP contribution in [0.25, 0.3) is 0 Å². The van der Waals surface area contributed by atoms with Crippen LogP contribution in [-0.2, 0) is 9.47 Å².